The van der Waals surface area contributed by atoms with Crippen LogP contribution in [0.1, 0.15) is 29.7 Å². The summed E-state index contributed by atoms with van der Waals surface area (Å²) in [5.41, 5.74) is 3.72. The zero-order valence-corrected chi connectivity index (χ0v) is 21.1. The molecule has 4 aromatic rings. The van der Waals surface area contributed by atoms with Crippen molar-refractivity contribution in [2.75, 3.05) is 12.4 Å². The molecule has 1 N–H and O–H groups in total. The Morgan fingerprint density at radius 1 is 0.861 bits per heavy atom. The largest absolute Gasteiger partial charge is 0.493 e. The number of carbonyl (C=O) groups is 1. The number of benzene rings is 4. The Hall–Kier alpha value is -3.96. The number of amides is 2. The molecule has 0 radical (unpaired) electrons. The molecule has 0 aliphatic carbocycles. The molecule has 4 aromatic carbocycles. The van der Waals surface area contributed by atoms with Crippen LogP contribution in [0.3, 0.4) is 0 Å². The summed E-state index contributed by atoms with van der Waals surface area (Å²) >= 11 is 6.00. The molecule has 1 atom stereocenters. The van der Waals surface area contributed by atoms with Crippen LogP contribution in [0.5, 0.6) is 11.5 Å². The maximum atomic E-state index is 13.4. The highest BCUT2D eigenvalue weighted by Crippen LogP contribution is 2.31. The molecule has 184 valence electrons. The molecule has 0 fully saturated rings. The Labute approximate surface area is 217 Å². The number of hydrogen-bond donors (Lipinski definition) is 1. The molecular formula is C30H29ClN2O3. The van der Waals surface area contributed by atoms with Gasteiger partial charge in [0.25, 0.3) is 0 Å². The fourth-order valence-electron chi connectivity index (χ4n) is 3.89. The summed E-state index contributed by atoms with van der Waals surface area (Å²) in [5.74, 6) is 1.27. The number of nitrogens with one attached hydrogen (secondary N) is 1. The van der Waals surface area contributed by atoms with Gasteiger partial charge in [-0.25, -0.2) is 4.79 Å². The smallest absolute Gasteiger partial charge is 0.322 e. The molecular weight excluding hydrogens is 472 g/mol. The van der Waals surface area contributed by atoms with Crippen LogP contribution in [0.15, 0.2) is 103 Å². The van der Waals surface area contributed by atoms with Crippen LogP contribution in [-0.2, 0) is 13.2 Å². The quantitative estimate of drug-likeness (QED) is 0.256. The van der Waals surface area contributed by atoms with Crippen LogP contribution >= 0.6 is 11.6 Å². The van der Waals surface area contributed by atoms with Gasteiger partial charge in [0.15, 0.2) is 11.5 Å². The van der Waals surface area contributed by atoms with Crippen molar-refractivity contribution in [3.8, 4) is 11.5 Å². The van der Waals surface area contributed by atoms with Gasteiger partial charge in [0.05, 0.1) is 13.2 Å². The van der Waals surface area contributed by atoms with Gasteiger partial charge in [-0.1, -0.05) is 78.3 Å². The summed E-state index contributed by atoms with van der Waals surface area (Å²) in [4.78, 5) is 15.2. The summed E-state index contributed by atoms with van der Waals surface area (Å²) in [6.45, 7) is 2.84. The highest BCUT2D eigenvalue weighted by molar-refractivity contribution is 6.30. The molecule has 36 heavy (non-hydrogen) atoms. The van der Waals surface area contributed by atoms with Crippen LogP contribution < -0.4 is 14.8 Å². The van der Waals surface area contributed by atoms with E-state index in [9.17, 15) is 4.79 Å². The molecule has 0 aliphatic rings. The fourth-order valence-corrected chi connectivity index (χ4v) is 4.01. The van der Waals surface area contributed by atoms with E-state index in [2.05, 4.69) is 5.32 Å². The first-order valence-electron chi connectivity index (χ1n) is 11.8. The highest BCUT2D eigenvalue weighted by atomic mass is 35.5. The van der Waals surface area contributed by atoms with Gasteiger partial charge in [-0.3, -0.25) is 0 Å². The van der Waals surface area contributed by atoms with Gasteiger partial charge in [0, 0.05) is 17.3 Å². The van der Waals surface area contributed by atoms with Gasteiger partial charge < -0.3 is 19.7 Å². The number of methoxy groups -OCH3 is 1. The van der Waals surface area contributed by atoms with Crippen LogP contribution in [0, 0.1) is 0 Å². The van der Waals surface area contributed by atoms with E-state index in [4.69, 9.17) is 21.1 Å². The van der Waals surface area contributed by atoms with Gasteiger partial charge in [-0.2, -0.15) is 0 Å². The number of rotatable bonds is 9. The van der Waals surface area contributed by atoms with Gasteiger partial charge in [-0.05, 0) is 60.0 Å². The van der Waals surface area contributed by atoms with E-state index in [0.717, 1.165) is 16.7 Å². The zero-order chi connectivity index (χ0) is 25.3. The second-order valence-electron chi connectivity index (χ2n) is 8.41. The fraction of sp³-hybridized carbons (Fsp3) is 0.167. The van der Waals surface area contributed by atoms with Crippen molar-refractivity contribution in [2.45, 2.75) is 26.1 Å². The zero-order valence-electron chi connectivity index (χ0n) is 20.4. The number of urea groups is 1. The molecule has 0 heterocycles. The van der Waals surface area contributed by atoms with Crippen molar-refractivity contribution in [3.63, 3.8) is 0 Å². The average Bonchev–Trinajstić information content (AvgIpc) is 2.92. The Morgan fingerprint density at radius 3 is 2.19 bits per heavy atom. The number of nitrogens with zero attached hydrogens (tertiary/aromatic N) is 1. The van der Waals surface area contributed by atoms with E-state index < -0.39 is 0 Å². The van der Waals surface area contributed by atoms with Crippen LogP contribution in [-0.4, -0.2) is 18.0 Å². The van der Waals surface area contributed by atoms with E-state index >= 15 is 0 Å². The lowest BCUT2D eigenvalue weighted by Crippen LogP contribution is -2.36. The van der Waals surface area contributed by atoms with Crippen molar-refractivity contribution in [1.29, 1.82) is 0 Å². The first kappa shape index (κ1) is 25.1. The maximum Gasteiger partial charge on any atom is 0.322 e. The monoisotopic (exact) mass is 500 g/mol. The van der Waals surface area contributed by atoms with Crippen LogP contribution in [0.2, 0.25) is 5.02 Å². The minimum atomic E-state index is -0.211. The highest BCUT2D eigenvalue weighted by Gasteiger charge is 2.23. The first-order valence-corrected chi connectivity index (χ1v) is 12.1. The number of halogens is 1. The average molecular weight is 501 g/mol. The predicted octanol–water partition coefficient (Wildman–Crippen LogP) is 7.72. The molecule has 0 saturated heterocycles. The third-order valence-corrected chi connectivity index (χ3v) is 6.18. The van der Waals surface area contributed by atoms with Crippen molar-refractivity contribution in [2.24, 2.45) is 0 Å². The molecule has 5 nitrogen and oxygen atoms in total. The van der Waals surface area contributed by atoms with E-state index in [1.165, 1.54) is 0 Å². The predicted molar refractivity (Wildman–Crippen MR) is 145 cm³/mol. The van der Waals surface area contributed by atoms with Crippen molar-refractivity contribution in [1.82, 2.24) is 4.90 Å². The van der Waals surface area contributed by atoms with E-state index in [-0.39, 0.29) is 12.1 Å². The van der Waals surface area contributed by atoms with E-state index in [1.807, 2.05) is 85.8 Å². The Balaban J connectivity index is 1.55. The van der Waals surface area contributed by atoms with E-state index in [1.54, 1.807) is 36.3 Å². The second-order valence-corrected chi connectivity index (χ2v) is 8.85. The lowest BCUT2D eigenvalue weighted by atomic mass is 10.1. The molecule has 0 saturated carbocycles. The molecule has 4 rings (SSSR count). The first-order chi connectivity index (χ1) is 17.5. The summed E-state index contributed by atoms with van der Waals surface area (Å²) in [6.07, 6.45) is 0. The van der Waals surface area contributed by atoms with Crippen LogP contribution in [0.25, 0.3) is 0 Å². The third kappa shape index (κ3) is 6.58. The number of hydrogen-bond acceptors (Lipinski definition) is 3. The van der Waals surface area contributed by atoms with Crippen molar-refractivity contribution < 1.29 is 14.3 Å². The topological polar surface area (TPSA) is 50.8 Å². The SMILES string of the molecule is COc1cc(CN(C(=O)Nc2ccc(Cl)cc2)C(C)c2ccccc2)ccc1OCc1ccccc1. The lowest BCUT2D eigenvalue weighted by molar-refractivity contribution is 0.189. The Bertz CT molecular complexity index is 1260. The summed E-state index contributed by atoms with van der Waals surface area (Å²) < 4.78 is 11.6. The minimum Gasteiger partial charge on any atom is -0.493 e. The van der Waals surface area contributed by atoms with Gasteiger partial charge in [-0.15, -0.1) is 0 Å². The number of carbonyl (C=O) groups excluding carboxylic acids is 1. The van der Waals surface area contributed by atoms with E-state index in [0.29, 0.717) is 35.4 Å². The van der Waals surface area contributed by atoms with Crippen molar-refractivity contribution in [3.05, 3.63) is 125 Å². The minimum absolute atomic E-state index is 0.168. The summed E-state index contributed by atoms with van der Waals surface area (Å²) in [6, 6.07) is 32.4. The Kier molecular flexibility index (Phi) is 8.48. The Morgan fingerprint density at radius 2 is 1.53 bits per heavy atom. The molecule has 0 bridgehead atoms. The number of ether oxygens (including phenoxy) is 2. The second kappa shape index (κ2) is 12.1. The van der Waals surface area contributed by atoms with Crippen molar-refractivity contribution >= 4 is 23.3 Å². The standard InChI is InChI=1S/C30H29ClN2O3/c1-22(25-11-7-4-8-12-25)33(30(34)32-27-16-14-26(31)15-17-27)20-24-13-18-28(29(19-24)35-2)36-21-23-9-5-3-6-10-23/h3-19,22H,20-21H2,1-2H3,(H,32,34). The molecule has 2 amide bonds. The summed E-state index contributed by atoms with van der Waals surface area (Å²) in [5, 5.41) is 3.61. The van der Waals surface area contributed by atoms with Gasteiger partial charge in [0.2, 0.25) is 0 Å². The lowest BCUT2D eigenvalue weighted by Gasteiger charge is -2.30. The summed E-state index contributed by atoms with van der Waals surface area (Å²) in [7, 11) is 1.62. The normalized spacial score (nSPS) is 11.4. The molecule has 1 unspecified atom stereocenters. The molecule has 0 aromatic heterocycles. The van der Waals surface area contributed by atoms with Crippen LogP contribution in [0.4, 0.5) is 10.5 Å². The maximum absolute atomic E-state index is 13.4. The molecule has 0 aliphatic heterocycles. The number of anilines is 1. The molecule has 0 spiro atoms. The van der Waals surface area contributed by atoms with Gasteiger partial charge in [0.1, 0.15) is 6.61 Å². The third-order valence-electron chi connectivity index (χ3n) is 5.92. The van der Waals surface area contributed by atoms with Gasteiger partial charge >= 0.3 is 6.03 Å². The molecule has 6 heteroatoms.